The van der Waals surface area contributed by atoms with Crippen LogP contribution in [0.2, 0.25) is 0 Å². The lowest BCUT2D eigenvalue weighted by Crippen LogP contribution is -2.51. The van der Waals surface area contributed by atoms with Crippen molar-refractivity contribution in [2.24, 2.45) is 5.41 Å². The maximum atomic E-state index is 13.2. The average Bonchev–Trinajstić information content (AvgIpc) is 3.26. The zero-order valence-corrected chi connectivity index (χ0v) is 16.7. The van der Waals surface area contributed by atoms with Crippen molar-refractivity contribution in [2.75, 3.05) is 26.7 Å². The molecular weight excluding hydrogens is 340 g/mol. The summed E-state index contributed by atoms with van der Waals surface area (Å²) in [6.45, 7) is 5.65. The number of aryl methyl sites for hydroxylation is 2. The average molecular weight is 370 g/mol. The number of fused-ring (bicyclic) bond motifs is 1. The predicted molar refractivity (Wildman–Crippen MR) is 104 cm³/mol. The first kappa shape index (κ1) is 18.3. The third-order valence-electron chi connectivity index (χ3n) is 6.55. The van der Waals surface area contributed by atoms with Crippen LogP contribution in [0.15, 0.2) is 18.2 Å². The fraction of sp³-hybridized carbons (Fsp3) is 0.636. The van der Waals surface area contributed by atoms with Crippen LogP contribution in [-0.4, -0.2) is 53.9 Å². The molecule has 0 saturated carbocycles. The summed E-state index contributed by atoms with van der Waals surface area (Å²) in [7, 11) is 1.87. The minimum Gasteiger partial charge on any atom is -0.478 e. The Kier molecular flexibility index (Phi) is 4.44. The molecule has 2 heterocycles. The van der Waals surface area contributed by atoms with Crippen molar-refractivity contribution in [1.82, 2.24) is 9.80 Å². The SMILES string of the molecule is CN1CCC[C@]2(CCN(C(=O)C(C)(C)Oc3ccc4c(c3)CCC4)C2)C1=O. The van der Waals surface area contributed by atoms with E-state index in [4.69, 9.17) is 4.74 Å². The van der Waals surface area contributed by atoms with E-state index in [1.165, 1.54) is 17.5 Å². The largest absolute Gasteiger partial charge is 0.478 e. The number of amides is 2. The van der Waals surface area contributed by atoms with Crippen molar-refractivity contribution < 1.29 is 14.3 Å². The highest BCUT2D eigenvalue weighted by Gasteiger charge is 2.50. The monoisotopic (exact) mass is 370 g/mol. The van der Waals surface area contributed by atoms with E-state index >= 15 is 0 Å². The molecular formula is C22H30N2O3. The summed E-state index contributed by atoms with van der Waals surface area (Å²) in [5.41, 5.74) is 1.41. The van der Waals surface area contributed by atoms with Crippen molar-refractivity contribution in [3.05, 3.63) is 29.3 Å². The zero-order valence-electron chi connectivity index (χ0n) is 16.7. The second kappa shape index (κ2) is 6.54. The van der Waals surface area contributed by atoms with Gasteiger partial charge in [0.25, 0.3) is 5.91 Å². The first-order valence-corrected chi connectivity index (χ1v) is 10.2. The molecule has 1 spiro atoms. The summed E-state index contributed by atoms with van der Waals surface area (Å²) in [5, 5.41) is 0. The van der Waals surface area contributed by atoms with Crippen LogP contribution in [0.4, 0.5) is 0 Å². The molecule has 0 bridgehead atoms. The quantitative estimate of drug-likeness (QED) is 0.822. The van der Waals surface area contributed by atoms with Gasteiger partial charge in [-0.15, -0.1) is 0 Å². The minimum absolute atomic E-state index is 0.0269. The topological polar surface area (TPSA) is 49.9 Å². The van der Waals surface area contributed by atoms with E-state index in [0.29, 0.717) is 13.1 Å². The second-order valence-corrected chi connectivity index (χ2v) is 8.98. The molecule has 4 rings (SSSR count). The van der Waals surface area contributed by atoms with Crippen molar-refractivity contribution in [3.63, 3.8) is 0 Å². The van der Waals surface area contributed by atoms with Crippen molar-refractivity contribution in [1.29, 1.82) is 0 Å². The second-order valence-electron chi connectivity index (χ2n) is 8.98. The Morgan fingerprint density at radius 3 is 2.70 bits per heavy atom. The number of rotatable bonds is 3. The van der Waals surface area contributed by atoms with Crippen LogP contribution in [0.1, 0.15) is 50.7 Å². The normalized spacial score (nSPS) is 25.2. The Balaban J connectivity index is 1.46. The summed E-state index contributed by atoms with van der Waals surface area (Å²) in [4.78, 5) is 29.6. The number of ether oxygens (including phenoxy) is 1. The van der Waals surface area contributed by atoms with Gasteiger partial charge in [-0.1, -0.05) is 6.07 Å². The number of carbonyl (C=O) groups is 2. The number of piperidine rings is 1. The molecule has 2 saturated heterocycles. The highest BCUT2D eigenvalue weighted by atomic mass is 16.5. The lowest BCUT2D eigenvalue weighted by molar-refractivity contribution is -0.148. The highest BCUT2D eigenvalue weighted by molar-refractivity contribution is 5.88. The van der Waals surface area contributed by atoms with Crippen LogP contribution in [0.5, 0.6) is 5.75 Å². The molecule has 0 unspecified atom stereocenters. The Labute approximate surface area is 161 Å². The van der Waals surface area contributed by atoms with Gasteiger partial charge in [0.05, 0.1) is 5.41 Å². The number of hydrogen-bond donors (Lipinski definition) is 0. The lowest BCUT2D eigenvalue weighted by Gasteiger charge is -2.38. The Hall–Kier alpha value is -2.04. The van der Waals surface area contributed by atoms with Crippen molar-refractivity contribution in [3.8, 4) is 5.75 Å². The van der Waals surface area contributed by atoms with Crippen molar-refractivity contribution in [2.45, 2.75) is 58.0 Å². The molecule has 2 fully saturated rings. The fourth-order valence-corrected chi connectivity index (χ4v) is 5.02. The molecule has 1 atom stereocenters. The molecule has 1 aromatic carbocycles. The minimum atomic E-state index is -0.942. The molecule has 27 heavy (non-hydrogen) atoms. The molecule has 0 radical (unpaired) electrons. The van der Waals surface area contributed by atoms with Crippen molar-refractivity contribution >= 4 is 11.8 Å². The van der Waals surface area contributed by atoms with E-state index in [1.54, 1.807) is 0 Å². The van der Waals surface area contributed by atoms with E-state index in [2.05, 4.69) is 12.1 Å². The molecule has 146 valence electrons. The third-order valence-corrected chi connectivity index (χ3v) is 6.55. The Bertz CT molecular complexity index is 773. The molecule has 5 nitrogen and oxygen atoms in total. The summed E-state index contributed by atoms with van der Waals surface area (Å²) < 4.78 is 6.14. The Morgan fingerprint density at radius 2 is 1.89 bits per heavy atom. The summed E-state index contributed by atoms with van der Waals surface area (Å²) in [6, 6.07) is 6.19. The van der Waals surface area contributed by atoms with Crippen LogP contribution in [0.25, 0.3) is 0 Å². The van der Waals surface area contributed by atoms with E-state index in [-0.39, 0.29) is 17.2 Å². The van der Waals surface area contributed by atoms with Gasteiger partial charge in [-0.3, -0.25) is 9.59 Å². The smallest absolute Gasteiger partial charge is 0.266 e. The summed E-state index contributed by atoms with van der Waals surface area (Å²) >= 11 is 0. The van der Waals surface area contributed by atoms with Gasteiger partial charge in [0.2, 0.25) is 5.91 Å². The van der Waals surface area contributed by atoms with E-state index in [9.17, 15) is 9.59 Å². The number of carbonyl (C=O) groups excluding carboxylic acids is 2. The molecule has 5 heteroatoms. The molecule has 3 aliphatic rings. The van der Waals surface area contributed by atoms with Gasteiger partial charge in [0.15, 0.2) is 5.60 Å². The van der Waals surface area contributed by atoms with Gasteiger partial charge in [-0.25, -0.2) is 0 Å². The van der Waals surface area contributed by atoms with Crippen LogP contribution in [0, 0.1) is 5.41 Å². The van der Waals surface area contributed by atoms with Crippen LogP contribution in [0.3, 0.4) is 0 Å². The highest BCUT2D eigenvalue weighted by Crippen LogP contribution is 2.40. The lowest BCUT2D eigenvalue weighted by atomic mass is 9.78. The van der Waals surface area contributed by atoms with Crippen LogP contribution >= 0.6 is 0 Å². The molecule has 1 aliphatic carbocycles. The molecule has 1 aromatic rings. The fourth-order valence-electron chi connectivity index (χ4n) is 5.02. The first-order valence-electron chi connectivity index (χ1n) is 10.2. The van der Waals surface area contributed by atoms with Gasteiger partial charge >= 0.3 is 0 Å². The number of nitrogens with zero attached hydrogens (tertiary/aromatic N) is 2. The zero-order chi connectivity index (χ0) is 19.2. The molecule has 2 aliphatic heterocycles. The number of benzene rings is 1. The maximum Gasteiger partial charge on any atom is 0.266 e. The van der Waals surface area contributed by atoms with Crippen LogP contribution < -0.4 is 4.74 Å². The van der Waals surface area contributed by atoms with Gasteiger partial charge < -0.3 is 14.5 Å². The van der Waals surface area contributed by atoms with E-state index < -0.39 is 5.60 Å². The standard InChI is InChI=1S/C22H30N2O3/c1-21(2,27-18-9-8-16-6-4-7-17(16)14-18)19(25)24-13-11-22(15-24)10-5-12-23(3)20(22)26/h8-9,14H,4-7,10-13,15H2,1-3H3/t22-/m1/s1. The Morgan fingerprint density at radius 1 is 1.11 bits per heavy atom. The van der Waals surface area contributed by atoms with Crippen LogP contribution in [-0.2, 0) is 22.4 Å². The number of hydrogen-bond acceptors (Lipinski definition) is 3. The third kappa shape index (κ3) is 3.21. The van der Waals surface area contributed by atoms with E-state index in [1.807, 2.05) is 36.8 Å². The van der Waals surface area contributed by atoms with Gasteiger partial charge in [0.1, 0.15) is 5.75 Å². The molecule has 2 amide bonds. The molecule has 0 aromatic heterocycles. The summed E-state index contributed by atoms with van der Waals surface area (Å²) in [6.07, 6.45) is 6.07. The number of likely N-dealkylation sites (tertiary alicyclic amines) is 2. The van der Waals surface area contributed by atoms with E-state index in [0.717, 1.165) is 44.4 Å². The molecule has 0 N–H and O–H groups in total. The van der Waals surface area contributed by atoms with Gasteiger partial charge in [0, 0.05) is 26.7 Å². The maximum absolute atomic E-state index is 13.2. The van der Waals surface area contributed by atoms with Gasteiger partial charge in [-0.05, 0) is 75.6 Å². The first-order chi connectivity index (χ1) is 12.8. The summed E-state index contributed by atoms with van der Waals surface area (Å²) in [5.74, 6) is 0.929. The van der Waals surface area contributed by atoms with Gasteiger partial charge in [-0.2, -0.15) is 0 Å². The predicted octanol–water partition coefficient (Wildman–Crippen LogP) is 2.80.